The number of rotatable bonds is 0. The smallest absolute Gasteiger partial charge is 0.00420 e. The van der Waals surface area contributed by atoms with Gasteiger partial charge in [0.1, 0.15) is 0 Å². The van der Waals surface area contributed by atoms with E-state index in [0.717, 1.165) is 19.5 Å². The summed E-state index contributed by atoms with van der Waals surface area (Å²) in [5, 5.41) is 0. The molecule has 1 heterocycles. The summed E-state index contributed by atoms with van der Waals surface area (Å²) in [5.41, 5.74) is 4.31. The van der Waals surface area contributed by atoms with Crippen LogP contribution < -0.4 is 0 Å². The Bertz CT molecular complexity index is 291. The Morgan fingerprint density at radius 3 is 3.00 bits per heavy atom. The largest absolute Gasteiger partial charge is 0.455 e. The van der Waals surface area contributed by atoms with Crippen molar-refractivity contribution in [3.8, 4) is 0 Å². The van der Waals surface area contributed by atoms with Crippen molar-refractivity contribution in [3.63, 3.8) is 0 Å². The summed E-state index contributed by atoms with van der Waals surface area (Å²) in [5.74, 6) is 0. The minimum Gasteiger partial charge on any atom is -0.455 e. The van der Waals surface area contributed by atoms with E-state index >= 15 is 0 Å². The van der Waals surface area contributed by atoms with E-state index in [0.29, 0.717) is 0 Å². The minimum atomic E-state index is 1.01. The first-order valence-corrected chi connectivity index (χ1v) is 4.39. The zero-order valence-corrected chi connectivity index (χ0v) is 7.51. The second-order valence-corrected chi connectivity index (χ2v) is 3.57. The van der Waals surface area contributed by atoms with Crippen LogP contribution in [0.3, 0.4) is 0 Å². The van der Waals surface area contributed by atoms with Crippen LogP contribution in [0.15, 0.2) is 18.2 Å². The summed E-state index contributed by atoms with van der Waals surface area (Å²) >= 11 is 0. The van der Waals surface area contributed by atoms with Gasteiger partial charge in [0.15, 0.2) is 0 Å². The standard InChI is InChI=1S/C11H14N/c1-9-3-4-10-5-6-12(2)8-11(10)7-9/h3-4,7H,2,5-6,8H2,1H3/q-1. The van der Waals surface area contributed by atoms with Crippen molar-refractivity contribution in [1.82, 2.24) is 4.90 Å². The molecule has 1 heteroatoms. The molecule has 0 aliphatic carbocycles. The van der Waals surface area contributed by atoms with Gasteiger partial charge in [0.05, 0.1) is 0 Å². The van der Waals surface area contributed by atoms with Crippen molar-refractivity contribution < 1.29 is 0 Å². The normalized spacial score (nSPS) is 17.5. The SMILES string of the molecule is [CH2-]N1CCc2ccc(C)cc2C1. The van der Waals surface area contributed by atoms with Gasteiger partial charge in [-0.3, -0.25) is 7.05 Å². The molecule has 1 nitrogen and oxygen atoms in total. The lowest BCUT2D eigenvalue weighted by molar-refractivity contribution is 0.347. The Hall–Kier alpha value is -0.820. The van der Waals surface area contributed by atoms with Gasteiger partial charge in [-0.2, -0.15) is 0 Å². The van der Waals surface area contributed by atoms with Gasteiger partial charge in [0.2, 0.25) is 0 Å². The second-order valence-electron chi connectivity index (χ2n) is 3.57. The molecule has 0 amide bonds. The quantitative estimate of drug-likeness (QED) is 0.526. The van der Waals surface area contributed by atoms with Crippen LogP contribution in [0.5, 0.6) is 0 Å². The van der Waals surface area contributed by atoms with E-state index in [1.165, 1.54) is 16.7 Å². The van der Waals surface area contributed by atoms with Gasteiger partial charge in [-0.05, 0) is 37.6 Å². The average molecular weight is 160 g/mol. The summed E-state index contributed by atoms with van der Waals surface area (Å²) in [7, 11) is 3.96. The molecule has 1 aromatic rings. The van der Waals surface area contributed by atoms with E-state index in [1.54, 1.807) is 0 Å². The summed E-state index contributed by atoms with van der Waals surface area (Å²) in [6, 6.07) is 6.71. The number of aryl methyl sites for hydroxylation is 1. The number of benzene rings is 1. The van der Waals surface area contributed by atoms with Crippen molar-refractivity contribution in [2.24, 2.45) is 0 Å². The summed E-state index contributed by atoms with van der Waals surface area (Å²) < 4.78 is 0. The van der Waals surface area contributed by atoms with Gasteiger partial charge in [-0.15, -0.1) is 0 Å². The van der Waals surface area contributed by atoms with Crippen LogP contribution in [0.4, 0.5) is 0 Å². The minimum absolute atomic E-state index is 1.01. The molecule has 64 valence electrons. The van der Waals surface area contributed by atoms with Crippen molar-refractivity contribution >= 4 is 0 Å². The molecule has 2 rings (SSSR count). The molecule has 0 saturated heterocycles. The molecular weight excluding hydrogens is 146 g/mol. The lowest BCUT2D eigenvalue weighted by Crippen LogP contribution is -2.24. The first-order valence-electron chi connectivity index (χ1n) is 4.39. The monoisotopic (exact) mass is 160 g/mol. The third kappa shape index (κ3) is 1.37. The highest BCUT2D eigenvalue weighted by Gasteiger charge is 2.08. The fraction of sp³-hybridized carbons (Fsp3) is 0.364. The molecule has 1 aliphatic rings. The van der Waals surface area contributed by atoms with Crippen molar-refractivity contribution in [1.29, 1.82) is 0 Å². The predicted octanol–water partition coefficient (Wildman–Crippen LogP) is 2.14. The molecule has 1 aliphatic heterocycles. The lowest BCUT2D eigenvalue weighted by atomic mass is 9.98. The molecule has 0 saturated carbocycles. The molecule has 0 N–H and O–H groups in total. The van der Waals surface area contributed by atoms with Gasteiger partial charge in [-0.1, -0.05) is 23.8 Å². The first kappa shape index (κ1) is 7.81. The fourth-order valence-electron chi connectivity index (χ4n) is 1.74. The van der Waals surface area contributed by atoms with Gasteiger partial charge in [0, 0.05) is 0 Å². The molecular formula is C11H14N-. The highest BCUT2D eigenvalue weighted by molar-refractivity contribution is 5.33. The van der Waals surface area contributed by atoms with Gasteiger partial charge >= 0.3 is 0 Å². The highest BCUT2D eigenvalue weighted by Crippen LogP contribution is 2.19. The highest BCUT2D eigenvalue weighted by atomic mass is 15.1. The number of fused-ring (bicyclic) bond motifs is 1. The van der Waals surface area contributed by atoms with E-state index in [1.807, 2.05) is 0 Å². The molecule has 1 aromatic carbocycles. The summed E-state index contributed by atoms with van der Waals surface area (Å²) in [6.45, 7) is 4.25. The van der Waals surface area contributed by atoms with Crippen LogP contribution in [-0.2, 0) is 13.0 Å². The molecule has 0 fully saturated rings. The Morgan fingerprint density at radius 1 is 1.33 bits per heavy atom. The van der Waals surface area contributed by atoms with E-state index in [4.69, 9.17) is 0 Å². The summed E-state index contributed by atoms with van der Waals surface area (Å²) in [6.07, 6.45) is 1.15. The van der Waals surface area contributed by atoms with Gasteiger partial charge < -0.3 is 4.90 Å². The van der Waals surface area contributed by atoms with Crippen molar-refractivity contribution in [3.05, 3.63) is 41.9 Å². The van der Waals surface area contributed by atoms with E-state index in [-0.39, 0.29) is 0 Å². The zero-order chi connectivity index (χ0) is 8.55. The van der Waals surface area contributed by atoms with E-state index in [9.17, 15) is 0 Å². The number of nitrogens with zero attached hydrogens (tertiary/aromatic N) is 1. The number of hydrogen-bond donors (Lipinski definition) is 0. The molecule has 0 unspecified atom stereocenters. The fourth-order valence-corrected chi connectivity index (χ4v) is 1.74. The third-order valence-corrected chi connectivity index (χ3v) is 2.45. The first-order chi connectivity index (χ1) is 5.75. The van der Waals surface area contributed by atoms with Crippen LogP contribution in [-0.4, -0.2) is 11.4 Å². The van der Waals surface area contributed by atoms with Gasteiger partial charge in [0.25, 0.3) is 0 Å². The molecule has 12 heavy (non-hydrogen) atoms. The molecule has 0 aromatic heterocycles. The topological polar surface area (TPSA) is 3.24 Å². The molecule has 0 atom stereocenters. The Kier molecular flexibility index (Phi) is 1.89. The maximum atomic E-state index is 3.96. The second kappa shape index (κ2) is 2.91. The van der Waals surface area contributed by atoms with E-state index < -0.39 is 0 Å². The average Bonchev–Trinajstić information content (AvgIpc) is 2.03. The van der Waals surface area contributed by atoms with Gasteiger partial charge in [-0.25, -0.2) is 0 Å². The van der Waals surface area contributed by atoms with E-state index in [2.05, 4.69) is 37.1 Å². The molecule has 0 bridgehead atoms. The zero-order valence-electron chi connectivity index (χ0n) is 7.51. The Balaban J connectivity index is 2.37. The Morgan fingerprint density at radius 2 is 2.17 bits per heavy atom. The van der Waals surface area contributed by atoms with Crippen LogP contribution in [0.2, 0.25) is 0 Å². The van der Waals surface area contributed by atoms with Crippen LogP contribution >= 0.6 is 0 Å². The third-order valence-electron chi connectivity index (χ3n) is 2.45. The molecule has 0 radical (unpaired) electrons. The Labute approximate surface area is 74.0 Å². The maximum Gasteiger partial charge on any atom is -0.00420 e. The maximum absolute atomic E-state index is 3.96. The lowest BCUT2D eigenvalue weighted by Gasteiger charge is -2.31. The molecule has 0 spiro atoms. The van der Waals surface area contributed by atoms with Crippen molar-refractivity contribution in [2.45, 2.75) is 19.9 Å². The van der Waals surface area contributed by atoms with Crippen LogP contribution in [0.1, 0.15) is 16.7 Å². The van der Waals surface area contributed by atoms with Crippen LogP contribution in [0.25, 0.3) is 0 Å². The van der Waals surface area contributed by atoms with Crippen molar-refractivity contribution in [2.75, 3.05) is 6.54 Å². The number of hydrogen-bond acceptors (Lipinski definition) is 1. The summed E-state index contributed by atoms with van der Waals surface area (Å²) in [4.78, 5) is 2.13. The predicted molar refractivity (Wildman–Crippen MR) is 50.7 cm³/mol. The van der Waals surface area contributed by atoms with Crippen LogP contribution in [0, 0.1) is 14.0 Å².